The van der Waals surface area contributed by atoms with Crippen LogP contribution in [0.1, 0.15) is 303 Å². The lowest BCUT2D eigenvalue weighted by Crippen LogP contribution is -2.45. The summed E-state index contributed by atoms with van der Waals surface area (Å²) in [5.74, 6) is -0.0424. The van der Waals surface area contributed by atoms with Crippen molar-refractivity contribution in [3.8, 4) is 0 Å². The molecule has 2 atom stereocenters. The summed E-state index contributed by atoms with van der Waals surface area (Å²) >= 11 is 0. The predicted octanol–water partition coefficient (Wildman–Crippen LogP) is 16.5. The number of allylic oxidation sites excluding steroid dienone is 2. The predicted molar refractivity (Wildman–Crippen MR) is 264 cm³/mol. The van der Waals surface area contributed by atoms with Crippen molar-refractivity contribution in [2.75, 3.05) is 13.2 Å². The van der Waals surface area contributed by atoms with Gasteiger partial charge in [-0.1, -0.05) is 251 Å². The molecule has 0 rings (SSSR count). The minimum atomic E-state index is -0.666. The van der Waals surface area contributed by atoms with Gasteiger partial charge in [0.1, 0.15) is 0 Å². The number of aliphatic hydroxyl groups excluding tert-OH is 2. The lowest BCUT2D eigenvalue weighted by molar-refractivity contribution is -0.143. The summed E-state index contributed by atoms with van der Waals surface area (Å²) < 4.78 is 5.47. The van der Waals surface area contributed by atoms with E-state index in [1.807, 2.05) is 0 Å². The van der Waals surface area contributed by atoms with Gasteiger partial charge in [0, 0.05) is 12.8 Å². The Bertz CT molecular complexity index is 909. The molecule has 0 saturated heterocycles. The molecule has 0 aromatic rings. The van der Waals surface area contributed by atoms with Crippen LogP contribution in [-0.2, 0) is 14.3 Å². The second-order valence-corrected chi connectivity index (χ2v) is 18.9. The van der Waals surface area contributed by atoms with Gasteiger partial charge in [0.05, 0.1) is 25.4 Å². The zero-order valence-electron chi connectivity index (χ0n) is 41.2. The summed E-state index contributed by atoms with van der Waals surface area (Å²) in [6, 6.07) is -0.544. The zero-order chi connectivity index (χ0) is 44.4. The molecule has 6 nitrogen and oxygen atoms in total. The summed E-state index contributed by atoms with van der Waals surface area (Å²) in [5, 5.41) is 23.2. The van der Waals surface area contributed by atoms with Gasteiger partial charge in [-0.05, 0) is 51.4 Å². The minimum Gasteiger partial charge on any atom is -0.466 e. The van der Waals surface area contributed by atoms with Gasteiger partial charge in [0.15, 0.2) is 0 Å². The molecule has 61 heavy (non-hydrogen) atoms. The van der Waals surface area contributed by atoms with Gasteiger partial charge in [0.2, 0.25) is 5.91 Å². The Morgan fingerprint density at radius 3 is 1.16 bits per heavy atom. The van der Waals surface area contributed by atoms with Gasteiger partial charge >= 0.3 is 5.97 Å². The number of hydrogen-bond donors (Lipinski definition) is 3. The van der Waals surface area contributed by atoms with Gasteiger partial charge in [-0.15, -0.1) is 0 Å². The maximum absolute atomic E-state index is 12.4. The zero-order valence-corrected chi connectivity index (χ0v) is 41.2. The number of nitrogens with one attached hydrogen (secondary N) is 1. The number of carbonyl (C=O) groups is 2. The quantitative estimate of drug-likeness (QED) is 0.0322. The first-order valence-electron chi connectivity index (χ1n) is 27.4. The summed E-state index contributed by atoms with van der Waals surface area (Å²) in [6.07, 6.45) is 59.0. The van der Waals surface area contributed by atoms with Crippen molar-refractivity contribution in [3.63, 3.8) is 0 Å². The second kappa shape index (κ2) is 51.2. The molecule has 0 radical (unpaired) electrons. The van der Waals surface area contributed by atoms with Crippen LogP contribution in [0.25, 0.3) is 0 Å². The van der Waals surface area contributed by atoms with Crippen LogP contribution in [0.15, 0.2) is 12.2 Å². The van der Waals surface area contributed by atoms with Crippen LogP contribution in [-0.4, -0.2) is 47.4 Å². The van der Waals surface area contributed by atoms with Gasteiger partial charge in [-0.2, -0.15) is 0 Å². The number of carbonyl (C=O) groups excluding carboxylic acids is 2. The van der Waals surface area contributed by atoms with Gasteiger partial charge in [0.25, 0.3) is 0 Å². The highest BCUT2D eigenvalue weighted by atomic mass is 16.5. The van der Waals surface area contributed by atoms with Crippen LogP contribution in [0, 0.1) is 0 Å². The Hall–Kier alpha value is -1.40. The molecule has 0 aliphatic carbocycles. The van der Waals surface area contributed by atoms with Crippen molar-refractivity contribution >= 4 is 11.9 Å². The lowest BCUT2D eigenvalue weighted by Gasteiger charge is -2.22. The fourth-order valence-electron chi connectivity index (χ4n) is 8.58. The third-order valence-corrected chi connectivity index (χ3v) is 12.8. The second-order valence-electron chi connectivity index (χ2n) is 18.9. The molecule has 6 heteroatoms. The Kier molecular flexibility index (Phi) is 50.1. The number of amides is 1. The average Bonchev–Trinajstić information content (AvgIpc) is 3.26. The normalized spacial score (nSPS) is 12.7. The van der Waals surface area contributed by atoms with Gasteiger partial charge in [-0.25, -0.2) is 0 Å². The number of ether oxygens (including phenoxy) is 1. The molecule has 0 bridgehead atoms. The summed E-state index contributed by atoms with van der Waals surface area (Å²) in [4.78, 5) is 24.5. The van der Waals surface area contributed by atoms with Crippen molar-refractivity contribution in [1.82, 2.24) is 5.32 Å². The fraction of sp³-hybridized carbons (Fsp3) is 0.927. The summed E-state index contributed by atoms with van der Waals surface area (Å²) in [6.45, 7) is 4.94. The molecule has 0 aromatic carbocycles. The van der Waals surface area contributed by atoms with Gasteiger partial charge < -0.3 is 20.3 Å². The fourth-order valence-corrected chi connectivity index (χ4v) is 8.58. The number of aliphatic hydroxyl groups is 2. The maximum Gasteiger partial charge on any atom is 0.305 e. The van der Waals surface area contributed by atoms with E-state index in [2.05, 4.69) is 31.3 Å². The molecular weight excluding hydrogens is 755 g/mol. The number of hydrogen-bond acceptors (Lipinski definition) is 5. The topological polar surface area (TPSA) is 95.9 Å². The van der Waals surface area contributed by atoms with E-state index in [9.17, 15) is 19.8 Å². The molecule has 0 aliphatic rings. The van der Waals surface area contributed by atoms with Crippen LogP contribution < -0.4 is 5.32 Å². The molecule has 0 saturated carbocycles. The number of rotatable bonds is 51. The van der Waals surface area contributed by atoms with Crippen molar-refractivity contribution < 1.29 is 24.5 Å². The van der Waals surface area contributed by atoms with Crippen LogP contribution in [0.2, 0.25) is 0 Å². The number of unbranched alkanes of at least 4 members (excludes halogenated alkanes) is 38. The number of esters is 1. The first-order valence-corrected chi connectivity index (χ1v) is 27.4. The first kappa shape index (κ1) is 59.6. The monoisotopic (exact) mass is 862 g/mol. The van der Waals surface area contributed by atoms with Crippen molar-refractivity contribution in [3.05, 3.63) is 12.2 Å². The highest BCUT2D eigenvalue weighted by molar-refractivity contribution is 5.76. The van der Waals surface area contributed by atoms with E-state index in [4.69, 9.17) is 4.74 Å². The van der Waals surface area contributed by atoms with E-state index in [-0.39, 0.29) is 18.5 Å². The standard InChI is InChI=1S/C55H107NO5/c1-3-5-7-9-11-13-15-17-21-25-29-33-37-41-45-49-55(60)61-50-46-42-38-34-30-26-23-20-18-19-22-24-28-32-36-40-44-48-54(59)56-52(51-57)53(58)47-43-39-35-31-27-16-14-12-10-8-6-4-2/h17,21,52-53,57-58H,3-16,18-20,22-51H2,1-2H3,(H,56,59)/b21-17-. The molecule has 0 heterocycles. The molecule has 3 N–H and O–H groups in total. The molecule has 0 aromatic heterocycles. The van der Waals surface area contributed by atoms with E-state index in [1.165, 1.54) is 225 Å². The molecule has 0 fully saturated rings. The van der Waals surface area contributed by atoms with E-state index >= 15 is 0 Å². The Morgan fingerprint density at radius 2 is 0.770 bits per heavy atom. The third-order valence-electron chi connectivity index (χ3n) is 12.8. The van der Waals surface area contributed by atoms with Crippen molar-refractivity contribution in [2.45, 2.75) is 315 Å². The van der Waals surface area contributed by atoms with Crippen LogP contribution in [0.5, 0.6) is 0 Å². The van der Waals surface area contributed by atoms with Crippen LogP contribution in [0.3, 0.4) is 0 Å². The molecule has 1 amide bonds. The van der Waals surface area contributed by atoms with E-state index < -0.39 is 12.1 Å². The molecular formula is C55H107NO5. The SMILES string of the molecule is CCCCCCCC/C=C\CCCCCCCC(=O)OCCCCCCCCCCCCCCCCCCCC(=O)NC(CO)C(O)CCCCCCCCCCCCCC. The van der Waals surface area contributed by atoms with Crippen molar-refractivity contribution in [1.29, 1.82) is 0 Å². The molecule has 2 unspecified atom stereocenters. The summed E-state index contributed by atoms with van der Waals surface area (Å²) in [7, 11) is 0. The highest BCUT2D eigenvalue weighted by Crippen LogP contribution is 2.17. The van der Waals surface area contributed by atoms with E-state index in [0.717, 1.165) is 44.9 Å². The average molecular weight is 862 g/mol. The molecule has 0 aliphatic heterocycles. The van der Waals surface area contributed by atoms with Gasteiger partial charge in [-0.3, -0.25) is 9.59 Å². The third kappa shape index (κ3) is 47.9. The Morgan fingerprint density at radius 1 is 0.443 bits per heavy atom. The van der Waals surface area contributed by atoms with Crippen LogP contribution >= 0.6 is 0 Å². The Labute approximate surface area is 380 Å². The molecule has 0 spiro atoms. The maximum atomic E-state index is 12.4. The lowest BCUT2D eigenvalue weighted by atomic mass is 10.0. The molecule has 362 valence electrons. The minimum absolute atomic E-state index is 0.00227. The van der Waals surface area contributed by atoms with Crippen LogP contribution in [0.4, 0.5) is 0 Å². The largest absolute Gasteiger partial charge is 0.466 e. The van der Waals surface area contributed by atoms with Crippen molar-refractivity contribution in [2.24, 2.45) is 0 Å². The highest BCUT2D eigenvalue weighted by Gasteiger charge is 2.20. The van der Waals surface area contributed by atoms with E-state index in [0.29, 0.717) is 25.9 Å². The Balaban J connectivity index is 3.40. The van der Waals surface area contributed by atoms with E-state index in [1.54, 1.807) is 0 Å². The summed E-state index contributed by atoms with van der Waals surface area (Å²) in [5.41, 5.74) is 0. The first-order chi connectivity index (χ1) is 30.0. The smallest absolute Gasteiger partial charge is 0.305 e.